The van der Waals surface area contributed by atoms with Gasteiger partial charge in [-0.15, -0.1) is 0 Å². The summed E-state index contributed by atoms with van der Waals surface area (Å²) in [7, 11) is 0. The molecule has 0 atom stereocenters. The van der Waals surface area contributed by atoms with Crippen molar-refractivity contribution in [3.63, 3.8) is 0 Å². The maximum atomic E-state index is 12.8. The Morgan fingerprint density at radius 1 is 1.58 bits per heavy atom. The molecule has 2 heteroatoms. The highest BCUT2D eigenvalue weighted by Crippen LogP contribution is 2.13. The first-order valence-corrected chi connectivity index (χ1v) is 4.05. The van der Waals surface area contributed by atoms with Crippen LogP contribution in [0.15, 0.2) is 29.8 Å². The molecular formula is C10H10ClF. The van der Waals surface area contributed by atoms with Gasteiger partial charge in [-0.3, -0.25) is 0 Å². The molecule has 0 saturated heterocycles. The van der Waals surface area contributed by atoms with Crippen LogP contribution in [0.3, 0.4) is 0 Å². The Kier molecular flexibility index (Phi) is 2.88. The van der Waals surface area contributed by atoms with Crippen LogP contribution in [-0.4, -0.2) is 0 Å². The van der Waals surface area contributed by atoms with Crippen LogP contribution in [-0.2, 0) is 6.42 Å². The predicted molar refractivity (Wildman–Crippen MR) is 49.8 cm³/mol. The number of aryl methyl sites for hydroxylation is 1. The third kappa shape index (κ3) is 2.35. The average Bonchev–Trinajstić information content (AvgIpc) is 1.96. The smallest absolute Gasteiger partial charge is 0.126 e. The molecule has 64 valence electrons. The van der Waals surface area contributed by atoms with E-state index in [1.54, 1.807) is 19.1 Å². The second kappa shape index (κ2) is 3.72. The maximum Gasteiger partial charge on any atom is 0.126 e. The lowest BCUT2D eigenvalue weighted by atomic mass is 10.1. The van der Waals surface area contributed by atoms with E-state index in [1.165, 1.54) is 6.07 Å². The zero-order valence-electron chi connectivity index (χ0n) is 6.90. The predicted octanol–water partition coefficient (Wildman–Crippen LogP) is 3.43. The summed E-state index contributed by atoms with van der Waals surface area (Å²) in [6, 6.07) is 4.95. The molecule has 0 aliphatic rings. The fourth-order valence-corrected chi connectivity index (χ4v) is 1.19. The van der Waals surface area contributed by atoms with Gasteiger partial charge >= 0.3 is 0 Å². The molecular weight excluding hydrogens is 175 g/mol. The second-order valence-electron chi connectivity index (χ2n) is 2.78. The highest BCUT2D eigenvalue weighted by atomic mass is 35.5. The summed E-state index contributed by atoms with van der Waals surface area (Å²) in [4.78, 5) is 0. The monoisotopic (exact) mass is 184 g/mol. The van der Waals surface area contributed by atoms with Crippen molar-refractivity contribution in [2.75, 3.05) is 0 Å². The third-order valence-electron chi connectivity index (χ3n) is 1.62. The van der Waals surface area contributed by atoms with Crippen molar-refractivity contribution in [3.8, 4) is 0 Å². The molecule has 0 bridgehead atoms. The Morgan fingerprint density at radius 2 is 2.25 bits per heavy atom. The van der Waals surface area contributed by atoms with Crippen molar-refractivity contribution in [2.45, 2.75) is 13.3 Å². The van der Waals surface area contributed by atoms with Crippen molar-refractivity contribution in [1.29, 1.82) is 0 Å². The lowest BCUT2D eigenvalue weighted by Gasteiger charge is -2.01. The number of rotatable bonds is 2. The van der Waals surface area contributed by atoms with Gasteiger partial charge in [0.25, 0.3) is 0 Å². The largest absolute Gasteiger partial charge is 0.207 e. The van der Waals surface area contributed by atoms with E-state index in [1.807, 2.05) is 0 Å². The molecule has 0 aliphatic carbocycles. The number of benzene rings is 1. The van der Waals surface area contributed by atoms with Crippen LogP contribution in [0.1, 0.15) is 11.1 Å². The van der Waals surface area contributed by atoms with Crippen molar-refractivity contribution in [1.82, 2.24) is 0 Å². The molecule has 0 fully saturated rings. The van der Waals surface area contributed by atoms with E-state index < -0.39 is 0 Å². The molecule has 0 spiro atoms. The van der Waals surface area contributed by atoms with Gasteiger partial charge in [0.1, 0.15) is 5.82 Å². The summed E-state index contributed by atoms with van der Waals surface area (Å²) in [5.41, 5.74) is 1.64. The standard InChI is InChI=1S/C10H10ClF/c1-7-5-9(6-8(2)11)3-4-10(7)12/h3-5H,2,6H2,1H3. The zero-order chi connectivity index (χ0) is 9.14. The van der Waals surface area contributed by atoms with E-state index in [2.05, 4.69) is 6.58 Å². The quantitative estimate of drug-likeness (QED) is 0.661. The number of hydrogen-bond donors (Lipinski definition) is 0. The van der Waals surface area contributed by atoms with Gasteiger partial charge in [-0.1, -0.05) is 30.3 Å². The zero-order valence-corrected chi connectivity index (χ0v) is 7.66. The summed E-state index contributed by atoms with van der Waals surface area (Å²) < 4.78 is 12.8. The van der Waals surface area contributed by atoms with Crippen LogP contribution in [0.4, 0.5) is 4.39 Å². The molecule has 12 heavy (non-hydrogen) atoms. The summed E-state index contributed by atoms with van der Waals surface area (Å²) in [6.07, 6.45) is 0.600. The minimum Gasteiger partial charge on any atom is -0.207 e. The Bertz CT molecular complexity index is 305. The minimum absolute atomic E-state index is 0.182. The SMILES string of the molecule is C=C(Cl)Cc1ccc(F)c(C)c1. The van der Waals surface area contributed by atoms with Crippen LogP contribution in [0.5, 0.6) is 0 Å². The molecule has 0 nitrogen and oxygen atoms in total. The van der Waals surface area contributed by atoms with E-state index >= 15 is 0 Å². The lowest BCUT2D eigenvalue weighted by Crippen LogP contribution is -1.88. The molecule has 0 radical (unpaired) electrons. The fourth-order valence-electron chi connectivity index (χ4n) is 1.04. The Hall–Kier alpha value is -0.820. The van der Waals surface area contributed by atoms with Crippen LogP contribution in [0.2, 0.25) is 0 Å². The van der Waals surface area contributed by atoms with Gasteiger partial charge in [0, 0.05) is 11.5 Å². The summed E-state index contributed by atoms with van der Waals surface area (Å²) in [5, 5.41) is 0.570. The summed E-state index contributed by atoms with van der Waals surface area (Å²) in [6.45, 7) is 5.31. The molecule has 0 amide bonds. The van der Waals surface area contributed by atoms with Gasteiger partial charge in [-0.25, -0.2) is 4.39 Å². The average molecular weight is 185 g/mol. The second-order valence-corrected chi connectivity index (χ2v) is 3.31. The highest BCUT2D eigenvalue weighted by Gasteiger charge is 1.99. The molecule has 0 aliphatic heterocycles. The molecule has 0 saturated carbocycles. The Labute approximate surface area is 76.7 Å². The van der Waals surface area contributed by atoms with Gasteiger partial charge in [0.05, 0.1) is 0 Å². The first-order chi connectivity index (χ1) is 5.59. The summed E-state index contributed by atoms with van der Waals surface area (Å²) >= 11 is 5.62. The summed E-state index contributed by atoms with van der Waals surface area (Å²) in [5.74, 6) is -0.182. The maximum absolute atomic E-state index is 12.8. The van der Waals surface area contributed by atoms with Crippen LogP contribution < -0.4 is 0 Å². The molecule has 1 rings (SSSR count). The Balaban J connectivity index is 2.89. The number of halogens is 2. The van der Waals surface area contributed by atoms with Crippen LogP contribution in [0, 0.1) is 12.7 Å². The van der Waals surface area contributed by atoms with Gasteiger partial charge in [-0.05, 0) is 24.1 Å². The first-order valence-electron chi connectivity index (χ1n) is 3.68. The van der Waals surface area contributed by atoms with E-state index in [0.29, 0.717) is 17.0 Å². The number of allylic oxidation sites excluding steroid dienone is 1. The van der Waals surface area contributed by atoms with E-state index in [0.717, 1.165) is 5.56 Å². The molecule has 1 aromatic carbocycles. The van der Waals surface area contributed by atoms with Gasteiger partial charge in [0.15, 0.2) is 0 Å². The van der Waals surface area contributed by atoms with Crippen molar-refractivity contribution < 1.29 is 4.39 Å². The van der Waals surface area contributed by atoms with Crippen molar-refractivity contribution in [2.24, 2.45) is 0 Å². The van der Waals surface area contributed by atoms with Gasteiger partial charge < -0.3 is 0 Å². The van der Waals surface area contributed by atoms with Crippen molar-refractivity contribution in [3.05, 3.63) is 46.8 Å². The van der Waals surface area contributed by atoms with Crippen LogP contribution in [0.25, 0.3) is 0 Å². The molecule has 0 heterocycles. The van der Waals surface area contributed by atoms with E-state index in [9.17, 15) is 4.39 Å². The number of hydrogen-bond acceptors (Lipinski definition) is 0. The van der Waals surface area contributed by atoms with E-state index in [-0.39, 0.29) is 5.82 Å². The highest BCUT2D eigenvalue weighted by molar-refractivity contribution is 6.29. The molecule has 0 N–H and O–H groups in total. The van der Waals surface area contributed by atoms with Gasteiger partial charge in [-0.2, -0.15) is 0 Å². The van der Waals surface area contributed by atoms with Crippen LogP contribution >= 0.6 is 11.6 Å². The third-order valence-corrected chi connectivity index (χ3v) is 1.75. The fraction of sp³-hybridized carbons (Fsp3) is 0.200. The molecule has 1 aromatic rings. The minimum atomic E-state index is -0.182. The molecule has 0 aromatic heterocycles. The Morgan fingerprint density at radius 3 is 2.75 bits per heavy atom. The van der Waals surface area contributed by atoms with Crippen molar-refractivity contribution >= 4 is 11.6 Å². The van der Waals surface area contributed by atoms with Gasteiger partial charge in [0.2, 0.25) is 0 Å². The lowest BCUT2D eigenvalue weighted by molar-refractivity contribution is 0.618. The molecule has 0 unspecified atom stereocenters. The topological polar surface area (TPSA) is 0 Å². The first kappa shape index (κ1) is 9.27. The van der Waals surface area contributed by atoms with E-state index in [4.69, 9.17) is 11.6 Å². The normalized spacial score (nSPS) is 9.92.